The average Bonchev–Trinajstić information content (AvgIpc) is 2.98. The number of imide groups is 2. The van der Waals surface area contributed by atoms with Crippen molar-refractivity contribution in [2.45, 2.75) is 0 Å². The van der Waals surface area contributed by atoms with Gasteiger partial charge in [-0.1, -0.05) is 24.3 Å². The van der Waals surface area contributed by atoms with Gasteiger partial charge in [0.2, 0.25) is 0 Å². The Kier molecular flexibility index (Phi) is 6.85. The third-order valence-corrected chi connectivity index (χ3v) is 7.36. The van der Waals surface area contributed by atoms with Gasteiger partial charge in [0.15, 0.2) is 0 Å². The van der Waals surface area contributed by atoms with Crippen molar-refractivity contribution in [1.82, 2.24) is 9.80 Å². The minimum Gasteiger partial charge on any atom is -0.399 e. The molecular weight excluding hydrogens is 544 g/mol. The molecule has 42 heavy (non-hydrogen) atoms. The minimum absolute atomic E-state index is 0.0202. The molecule has 2 aliphatic rings. The zero-order valence-corrected chi connectivity index (χ0v) is 22.2. The van der Waals surface area contributed by atoms with Gasteiger partial charge in [0.1, 0.15) is 0 Å². The van der Waals surface area contributed by atoms with E-state index in [0.717, 1.165) is 15.2 Å². The Labute approximate surface area is 238 Å². The van der Waals surface area contributed by atoms with Crippen molar-refractivity contribution in [3.63, 3.8) is 0 Å². The van der Waals surface area contributed by atoms with Crippen LogP contribution < -0.4 is 5.73 Å². The summed E-state index contributed by atoms with van der Waals surface area (Å²) in [7, 11) is 0. The van der Waals surface area contributed by atoms with Crippen molar-refractivity contribution in [3.05, 3.63) is 93.0 Å². The van der Waals surface area contributed by atoms with Gasteiger partial charge < -0.3 is 15.2 Å². The van der Waals surface area contributed by atoms with Gasteiger partial charge in [-0.3, -0.25) is 39.1 Å². The monoisotopic (exact) mass is 568 g/mol. The summed E-state index contributed by atoms with van der Waals surface area (Å²) in [6.07, 6.45) is 0. The van der Waals surface area contributed by atoms with Crippen molar-refractivity contribution >= 4 is 56.5 Å². The van der Waals surface area contributed by atoms with Crippen LogP contribution in [-0.2, 0) is 9.47 Å². The maximum absolute atomic E-state index is 13.1. The Morgan fingerprint density at radius 1 is 0.643 bits per heavy atom. The molecule has 0 saturated carbocycles. The van der Waals surface area contributed by atoms with Gasteiger partial charge in [0.05, 0.1) is 55.6 Å². The summed E-state index contributed by atoms with van der Waals surface area (Å²) in [5.41, 5.74) is 7.35. The van der Waals surface area contributed by atoms with Crippen LogP contribution in [0.4, 0.5) is 11.4 Å². The van der Waals surface area contributed by atoms with Crippen LogP contribution in [0.2, 0.25) is 0 Å². The topological polar surface area (TPSA) is 162 Å². The summed E-state index contributed by atoms with van der Waals surface area (Å²) < 4.78 is 11.1. The van der Waals surface area contributed by atoms with E-state index in [1.54, 1.807) is 48.5 Å². The van der Waals surface area contributed by atoms with E-state index in [1.807, 2.05) is 0 Å². The third-order valence-electron chi connectivity index (χ3n) is 7.36. The number of benzene rings is 4. The molecule has 12 nitrogen and oxygen atoms in total. The van der Waals surface area contributed by atoms with Gasteiger partial charge in [-0.05, 0) is 35.0 Å². The first-order chi connectivity index (χ1) is 20.3. The summed E-state index contributed by atoms with van der Waals surface area (Å²) in [6.45, 7) is 0.362. The highest BCUT2D eigenvalue weighted by atomic mass is 16.6. The van der Waals surface area contributed by atoms with Crippen LogP contribution >= 0.6 is 0 Å². The number of carbonyl (C=O) groups is 4. The SMILES string of the molecule is Nc1cc2c3c(cccc3c1)C(=O)N(CCOCCOCCN1C(=O)c3cccc4cc([N+](=O)[O-])cc(c34)C1=O)C2=O. The highest BCUT2D eigenvalue weighted by molar-refractivity contribution is 6.26. The van der Waals surface area contributed by atoms with E-state index >= 15 is 0 Å². The fraction of sp³-hybridized carbons (Fsp3) is 0.200. The molecule has 2 aliphatic heterocycles. The fourth-order valence-electron chi connectivity index (χ4n) is 5.47. The zero-order valence-electron chi connectivity index (χ0n) is 22.2. The molecule has 4 aromatic rings. The highest BCUT2D eigenvalue weighted by Crippen LogP contribution is 2.34. The Balaban J connectivity index is 1.00. The van der Waals surface area contributed by atoms with Gasteiger partial charge in [0, 0.05) is 39.7 Å². The van der Waals surface area contributed by atoms with Gasteiger partial charge >= 0.3 is 0 Å². The van der Waals surface area contributed by atoms with Gasteiger partial charge in [-0.25, -0.2) is 0 Å². The van der Waals surface area contributed by atoms with Crippen LogP contribution in [0, 0.1) is 10.1 Å². The predicted octanol–water partition coefficient (Wildman–Crippen LogP) is 3.41. The highest BCUT2D eigenvalue weighted by Gasteiger charge is 2.35. The quantitative estimate of drug-likeness (QED) is 0.0993. The molecule has 0 unspecified atom stereocenters. The largest absolute Gasteiger partial charge is 0.399 e. The lowest BCUT2D eigenvalue weighted by atomic mass is 9.93. The molecule has 212 valence electrons. The number of nitrogens with zero attached hydrogens (tertiary/aromatic N) is 3. The second-order valence-corrected chi connectivity index (χ2v) is 9.87. The molecule has 0 atom stereocenters. The van der Waals surface area contributed by atoms with Crippen LogP contribution in [0.25, 0.3) is 21.5 Å². The van der Waals surface area contributed by atoms with E-state index in [1.165, 1.54) is 12.1 Å². The first kappa shape index (κ1) is 27.0. The summed E-state index contributed by atoms with van der Waals surface area (Å²) >= 11 is 0. The smallest absolute Gasteiger partial charge is 0.270 e. The van der Waals surface area contributed by atoms with Crippen LogP contribution in [0.5, 0.6) is 0 Å². The lowest BCUT2D eigenvalue weighted by Crippen LogP contribution is -2.42. The number of hydrogen-bond acceptors (Lipinski definition) is 9. The molecule has 0 saturated heterocycles. The molecule has 0 aromatic heterocycles. The normalized spacial score (nSPS) is 14.4. The number of amides is 4. The van der Waals surface area contributed by atoms with Crippen molar-refractivity contribution in [2.24, 2.45) is 0 Å². The molecule has 0 spiro atoms. The van der Waals surface area contributed by atoms with Gasteiger partial charge in [0.25, 0.3) is 29.3 Å². The van der Waals surface area contributed by atoms with E-state index in [4.69, 9.17) is 15.2 Å². The van der Waals surface area contributed by atoms with Crippen molar-refractivity contribution in [1.29, 1.82) is 0 Å². The van der Waals surface area contributed by atoms with Crippen molar-refractivity contribution in [2.75, 3.05) is 45.3 Å². The fourth-order valence-corrected chi connectivity index (χ4v) is 5.47. The van der Waals surface area contributed by atoms with Gasteiger partial charge in [-0.15, -0.1) is 0 Å². The number of hydrogen-bond donors (Lipinski definition) is 1. The van der Waals surface area contributed by atoms with E-state index in [-0.39, 0.29) is 50.8 Å². The Morgan fingerprint density at radius 3 is 1.64 bits per heavy atom. The summed E-state index contributed by atoms with van der Waals surface area (Å²) in [5, 5.41) is 13.5. The van der Waals surface area contributed by atoms with E-state index in [0.29, 0.717) is 38.5 Å². The number of nitrogen functional groups attached to an aromatic ring is 1. The van der Waals surface area contributed by atoms with Crippen molar-refractivity contribution < 1.29 is 33.6 Å². The molecule has 0 fully saturated rings. The third kappa shape index (κ3) is 4.52. The number of rotatable bonds is 10. The number of non-ortho nitro benzene ring substituents is 1. The van der Waals surface area contributed by atoms with Crippen molar-refractivity contribution in [3.8, 4) is 0 Å². The first-order valence-electron chi connectivity index (χ1n) is 13.2. The molecule has 0 bridgehead atoms. The number of ether oxygens (including phenoxy) is 2. The predicted molar refractivity (Wildman–Crippen MR) is 151 cm³/mol. The van der Waals surface area contributed by atoms with Crippen LogP contribution in [0.1, 0.15) is 41.4 Å². The number of anilines is 1. The van der Waals surface area contributed by atoms with E-state index in [2.05, 4.69) is 0 Å². The second kappa shape index (κ2) is 10.7. The molecular formula is C30H24N4O8. The van der Waals surface area contributed by atoms with Crippen LogP contribution in [0.15, 0.2) is 60.7 Å². The Morgan fingerprint density at radius 2 is 1.12 bits per heavy atom. The standard InChI is InChI=1S/C30H24N4O8/c31-19-13-17-3-1-5-21-25(17)23(15-19)29(37)32(27(21)35)7-9-41-11-12-42-10-8-33-28(36)22-6-2-4-18-14-20(34(39)40)16-24(26(18)22)30(33)38/h1-6,13-16H,7-12,31H2. The first-order valence-corrected chi connectivity index (χ1v) is 13.2. The van der Waals surface area contributed by atoms with Crippen LogP contribution in [0.3, 0.4) is 0 Å². The van der Waals surface area contributed by atoms with Crippen LogP contribution in [-0.4, -0.2) is 77.9 Å². The second-order valence-electron chi connectivity index (χ2n) is 9.87. The molecule has 4 aromatic carbocycles. The zero-order chi connectivity index (χ0) is 29.5. The number of carbonyl (C=O) groups excluding carboxylic acids is 4. The Bertz CT molecular complexity index is 1840. The van der Waals surface area contributed by atoms with E-state index in [9.17, 15) is 29.3 Å². The molecule has 12 heteroatoms. The van der Waals surface area contributed by atoms with Gasteiger partial charge in [-0.2, -0.15) is 0 Å². The molecule has 6 rings (SSSR count). The number of nitrogens with two attached hydrogens (primary N) is 1. The molecule has 2 heterocycles. The number of nitro groups is 1. The maximum atomic E-state index is 13.1. The minimum atomic E-state index is -0.623. The molecule has 0 radical (unpaired) electrons. The maximum Gasteiger partial charge on any atom is 0.270 e. The molecule has 4 amide bonds. The lowest BCUT2D eigenvalue weighted by Gasteiger charge is -2.27. The average molecular weight is 569 g/mol. The summed E-state index contributed by atoms with van der Waals surface area (Å²) in [5.74, 6) is -1.96. The summed E-state index contributed by atoms with van der Waals surface area (Å²) in [6, 6.07) is 15.9. The number of nitro benzene ring substituents is 1. The summed E-state index contributed by atoms with van der Waals surface area (Å²) in [4.78, 5) is 65.1. The lowest BCUT2D eigenvalue weighted by molar-refractivity contribution is -0.384. The molecule has 0 aliphatic carbocycles. The molecule has 2 N–H and O–H groups in total. The van der Waals surface area contributed by atoms with E-state index < -0.39 is 28.6 Å². The Hall–Kier alpha value is -5.20.